The third kappa shape index (κ3) is 5.80. The van der Waals surface area contributed by atoms with Gasteiger partial charge < -0.3 is 10.5 Å². The molecule has 0 bridgehead atoms. The van der Waals surface area contributed by atoms with E-state index in [0.717, 1.165) is 26.2 Å². The molecule has 0 atom stereocenters. The van der Waals surface area contributed by atoms with Gasteiger partial charge in [0.1, 0.15) is 11.4 Å². The van der Waals surface area contributed by atoms with Crippen LogP contribution in [0.25, 0.3) is 0 Å². The molecule has 0 aromatic heterocycles. The first-order valence-corrected chi connectivity index (χ1v) is 7.93. The van der Waals surface area contributed by atoms with E-state index in [2.05, 4.69) is 9.80 Å². The van der Waals surface area contributed by atoms with E-state index in [-0.39, 0.29) is 11.8 Å². The van der Waals surface area contributed by atoms with Crippen molar-refractivity contribution < 1.29 is 13.9 Å². The molecule has 1 aliphatic rings. The highest BCUT2D eigenvalue weighted by Gasteiger charge is 2.23. The van der Waals surface area contributed by atoms with Crippen LogP contribution in [0.5, 0.6) is 0 Å². The molecule has 1 fully saturated rings. The van der Waals surface area contributed by atoms with E-state index in [1.54, 1.807) is 12.1 Å². The molecule has 23 heavy (non-hydrogen) atoms. The van der Waals surface area contributed by atoms with Crippen molar-refractivity contribution in [2.45, 2.75) is 32.9 Å². The molecule has 1 aliphatic heterocycles. The van der Waals surface area contributed by atoms with Crippen molar-refractivity contribution in [3.05, 3.63) is 29.6 Å². The lowest BCUT2D eigenvalue weighted by molar-refractivity contribution is -0.156. The molecule has 5 nitrogen and oxygen atoms in total. The number of nitrogens with zero attached hydrogens (tertiary/aromatic N) is 2. The monoisotopic (exact) mass is 323 g/mol. The van der Waals surface area contributed by atoms with E-state index in [4.69, 9.17) is 10.5 Å². The predicted molar refractivity (Wildman–Crippen MR) is 88.4 cm³/mol. The Hall–Kier alpha value is -1.66. The Morgan fingerprint density at radius 1 is 1.22 bits per heavy atom. The smallest absolute Gasteiger partial charge is 0.320 e. The molecule has 0 amide bonds. The fraction of sp³-hybridized carbons (Fsp3) is 0.588. The fourth-order valence-electron chi connectivity index (χ4n) is 2.62. The lowest BCUT2D eigenvalue weighted by Gasteiger charge is -2.34. The average molecular weight is 323 g/mol. The van der Waals surface area contributed by atoms with Crippen molar-refractivity contribution >= 4 is 11.7 Å². The second-order valence-electron chi connectivity index (χ2n) is 6.99. The van der Waals surface area contributed by atoms with Crippen LogP contribution >= 0.6 is 0 Å². The van der Waals surface area contributed by atoms with Gasteiger partial charge in [-0.25, -0.2) is 4.39 Å². The minimum absolute atomic E-state index is 0.201. The molecular formula is C17H26FN3O2. The van der Waals surface area contributed by atoms with Crippen LogP contribution in [0, 0.1) is 5.82 Å². The van der Waals surface area contributed by atoms with Gasteiger partial charge in [0.25, 0.3) is 0 Å². The van der Waals surface area contributed by atoms with Crippen LogP contribution in [-0.2, 0) is 16.1 Å². The number of hydrogen-bond acceptors (Lipinski definition) is 5. The van der Waals surface area contributed by atoms with Gasteiger partial charge in [0.2, 0.25) is 0 Å². The number of hydrogen-bond donors (Lipinski definition) is 1. The van der Waals surface area contributed by atoms with Crippen molar-refractivity contribution in [3.8, 4) is 0 Å². The molecule has 1 saturated heterocycles. The van der Waals surface area contributed by atoms with Gasteiger partial charge in [0, 0.05) is 44.0 Å². The molecule has 6 heteroatoms. The van der Waals surface area contributed by atoms with Crippen LogP contribution in [-0.4, -0.2) is 54.1 Å². The van der Waals surface area contributed by atoms with Gasteiger partial charge in [0.15, 0.2) is 0 Å². The number of ether oxygens (including phenoxy) is 1. The summed E-state index contributed by atoms with van der Waals surface area (Å²) in [6, 6.07) is 4.66. The predicted octanol–water partition coefficient (Wildman–Crippen LogP) is 1.87. The van der Waals surface area contributed by atoms with Crippen LogP contribution in [0.2, 0.25) is 0 Å². The van der Waals surface area contributed by atoms with Gasteiger partial charge in [0.05, 0.1) is 6.54 Å². The molecule has 0 spiro atoms. The Bertz CT molecular complexity index is 549. The summed E-state index contributed by atoms with van der Waals surface area (Å²) >= 11 is 0. The molecule has 2 rings (SSSR count). The normalized spacial score (nSPS) is 17.2. The minimum atomic E-state index is -0.455. The van der Waals surface area contributed by atoms with E-state index in [9.17, 15) is 9.18 Å². The van der Waals surface area contributed by atoms with Gasteiger partial charge in [-0.1, -0.05) is 0 Å². The Labute approximate surface area is 137 Å². The average Bonchev–Trinajstić information content (AvgIpc) is 2.43. The zero-order chi connectivity index (χ0) is 17.0. The first-order chi connectivity index (χ1) is 10.7. The Morgan fingerprint density at radius 3 is 2.43 bits per heavy atom. The van der Waals surface area contributed by atoms with Gasteiger partial charge in [-0.15, -0.1) is 0 Å². The standard InChI is InChI=1S/C17H26FN3O2/c1-17(2,3)23-16(22)12-21-8-6-20(7-9-21)11-13-10-14(19)4-5-15(13)18/h4-5,10H,6-9,11-12,19H2,1-3H3. The van der Waals surface area contributed by atoms with Gasteiger partial charge >= 0.3 is 5.97 Å². The van der Waals surface area contributed by atoms with Crippen LogP contribution in [0.1, 0.15) is 26.3 Å². The lowest BCUT2D eigenvalue weighted by Crippen LogP contribution is -2.48. The number of piperazine rings is 1. The number of benzene rings is 1. The van der Waals surface area contributed by atoms with Crippen molar-refractivity contribution in [1.82, 2.24) is 9.80 Å². The third-order valence-electron chi connectivity index (χ3n) is 3.70. The maximum absolute atomic E-state index is 13.8. The number of anilines is 1. The highest BCUT2D eigenvalue weighted by Crippen LogP contribution is 2.16. The highest BCUT2D eigenvalue weighted by molar-refractivity contribution is 5.72. The number of nitrogens with two attached hydrogens (primary N) is 1. The molecule has 0 saturated carbocycles. The van der Waals surface area contributed by atoms with Gasteiger partial charge in [-0.2, -0.15) is 0 Å². The first kappa shape index (κ1) is 17.7. The summed E-state index contributed by atoms with van der Waals surface area (Å²) in [5.74, 6) is -0.428. The van der Waals surface area contributed by atoms with Crippen LogP contribution in [0.15, 0.2) is 18.2 Å². The number of carbonyl (C=O) groups excluding carboxylic acids is 1. The largest absolute Gasteiger partial charge is 0.459 e. The van der Waals surface area contributed by atoms with E-state index in [1.807, 2.05) is 20.8 Å². The SMILES string of the molecule is CC(C)(C)OC(=O)CN1CCN(Cc2cc(N)ccc2F)CC1. The highest BCUT2D eigenvalue weighted by atomic mass is 19.1. The maximum Gasteiger partial charge on any atom is 0.320 e. The molecule has 1 heterocycles. The summed E-state index contributed by atoms with van der Waals surface area (Å²) in [6.07, 6.45) is 0. The number of rotatable bonds is 4. The number of carbonyl (C=O) groups is 1. The van der Waals surface area contributed by atoms with E-state index in [1.165, 1.54) is 6.07 Å². The van der Waals surface area contributed by atoms with Crippen molar-refractivity contribution in [1.29, 1.82) is 0 Å². The van der Waals surface area contributed by atoms with Crippen LogP contribution in [0.3, 0.4) is 0 Å². The van der Waals surface area contributed by atoms with Crippen molar-refractivity contribution in [2.75, 3.05) is 38.5 Å². The molecule has 0 aliphatic carbocycles. The zero-order valence-electron chi connectivity index (χ0n) is 14.1. The second kappa shape index (κ2) is 7.27. The Kier molecular flexibility index (Phi) is 5.59. The Balaban J connectivity index is 1.80. The lowest BCUT2D eigenvalue weighted by atomic mass is 10.1. The maximum atomic E-state index is 13.8. The number of nitrogen functional groups attached to an aromatic ring is 1. The van der Waals surface area contributed by atoms with E-state index >= 15 is 0 Å². The number of halogens is 1. The summed E-state index contributed by atoms with van der Waals surface area (Å²) in [5, 5.41) is 0. The van der Waals surface area contributed by atoms with Crippen LogP contribution < -0.4 is 5.73 Å². The Morgan fingerprint density at radius 2 is 1.83 bits per heavy atom. The topological polar surface area (TPSA) is 58.8 Å². The molecule has 1 aromatic carbocycles. The third-order valence-corrected chi connectivity index (χ3v) is 3.70. The second-order valence-corrected chi connectivity index (χ2v) is 6.99. The van der Waals surface area contributed by atoms with E-state index < -0.39 is 5.60 Å². The molecule has 1 aromatic rings. The molecule has 128 valence electrons. The summed E-state index contributed by atoms with van der Waals surface area (Å²) in [4.78, 5) is 16.1. The summed E-state index contributed by atoms with van der Waals surface area (Å²) < 4.78 is 19.1. The first-order valence-electron chi connectivity index (χ1n) is 7.93. The number of esters is 1. The minimum Gasteiger partial charge on any atom is -0.459 e. The van der Waals surface area contributed by atoms with Crippen LogP contribution in [0.4, 0.5) is 10.1 Å². The quantitative estimate of drug-likeness (QED) is 0.677. The molecular weight excluding hydrogens is 297 g/mol. The van der Waals surface area contributed by atoms with Gasteiger partial charge in [-0.3, -0.25) is 14.6 Å². The van der Waals surface area contributed by atoms with Gasteiger partial charge in [-0.05, 0) is 39.0 Å². The fourth-order valence-corrected chi connectivity index (χ4v) is 2.62. The molecule has 0 radical (unpaired) electrons. The summed E-state index contributed by atoms with van der Waals surface area (Å²) in [7, 11) is 0. The molecule has 0 unspecified atom stereocenters. The zero-order valence-corrected chi connectivity index (χ0v) is 14.1. The van der Waals surface area contributed by atoms with Crippen molar-refractivity contribution in [3.63, 3.8) is 0 Å². The summed E-state index contributed by atoms with van der Waals surface area (Å²) in [6.45, 7) is 9.55. The van der Waals surface area contributed by atoms with E-state index in [0.29, 0.717) is 24.3 Å². The molecule has 2 N–H and O–H groups in total. The summed E-state index contributed by atoms with van der Waals surface area (Å²) in [5.41, 5.74) is 6.45. The van der Waals surface area contributed by atoms with Crippen molar-refractivity contribution in [2.24, 2.45) is 0 Å².